The summed E-state index contributed by atoms with van der Waals surface area (Å²) in [5, 5.41) is 2.26. The number of benzene rings is 2. The number of carbonyl (C=O) groups excluding carboxylic acids is 1. The molecular weight excluding hydrogens is 298 g/mol. The molecule has 0 saturated carbocycles. The first-order valence-electron chi connectivity index (χ1n) is 6.96. The van der Waals surface area contributed by atoms with Crippen LogP contribution in [-0.2, 0) is 17.6 Å². The van der Waals surface area contributed by atoms with Crippen LogP contribution < -0.4 is 5.73 Å². The average Bonchev–Trinajstić information content (AvgIpc) is 3.00. The molecule has 1 heterocycles. The van der Waals surface area contributed by atoms with Crippen molar-refractivity contribution in [2.75, 3.05) is 0 Å². The van der Waals surface area contributed by atoms with Crippen molar-refractivity contribution in [2.24, 2.45) is 5.73 Å². The summed E-state index contributed by atoms with van der Waals surface area (Å²) >= 11 is 0. The van der Waals surface area contributed by atoms with Gasteiger partial charge in [0, 0.05) is 24.7 Å². The third kappa shape index (κ3) is 3.53. The fourth-order valence-corrected chi connectivity index (χ4v) is 2.51. The minimum absolute atomic E-state index is 0. The predicted molar refractivity (Wildman–Crippen MR) is 90.2 cm³/mol. The molecule has 0 fully saturated rings. The van der Waals surface area contributed by atoms with Crippen LogP contribution in [-0.4, -0.2) is 21.8 Å². The highest BCUT2D eigenvalue weighted by Gasteiger charge is 2.16. The van der Waals surface area contributed by atoms with Gasteiger partial charge in [-0.25, -0.2) is 4.98 Å². The van der Waals surface area contributed by atoms with Crippen molar-refractivity contribution in [3.05, 3.63) is 66.2 Å². The standard InChI is InChI=1S/C17H17N3O.ClH/c18-16(9-14-10-19-11-20-14)17(21)8-13-6-3-5-12-4-1-2-7-15(12)13;/h1-7,10-11,16H,8-9,18H2,(H,19,20);1H/t16-;/m0./s1. The van der Waals surface area contributed by atoms with E-state index in [4.69, 9.17) is 5.73 Å². The van der Waals surface area contributed by atoms with Crippen molar-refractivity contribution < 1.29 is 4.79 Å². The molecule has 3 N–H and O–H groups in total. The van der Waals surface area contributed by atoms with Gasteiger partial charge in [0.2, 0.25) is 0 Å². The maximum absolute atomic E-state index is 12.3. The largest absolute Gasteiger partial charge is 0.348 e. The van der Waals surface area contributed by atoms with E-state index in [1.165, 1.54) is 0 Å². The Bertz CT molecular complexity index is 750. The number of nitrogens with zero attached hydrogens (tertiary/aromatic N) is 1. The fourth-order valence-electron chi connectivity index (χ4n) is 2.51. The van der Waals surface area contributed by atoms with Crippen molar-refractivity contribution >= 4 is 29.0 Å². The summed E-state index contributed by atoms with van der Waals surface area (Å²) < 4.78 is 0. The minimum Gasteiger partial charge on any atom is -0.348 e. The van der Waals surface area contributed by atoms with E-state index in [0.29, 0.717) is 12.8 Å². The molecule has 22 heavy (non-hydrogen) atoms. The van der Waals surface area contributed by atoms with E-state index in [-0.39, 0.29) is 18.2 Å². The molecule has 114 valence electrons. The highest BCUT2D eigenvalue weighted by molar-refractivity contribution is 5.92. The lowest BCUT2D eigenvalue weighted by Crippen LogP contribution is -2.34. The summed E-state index contributed by atoms with van der Waals surface area (Å²) in [6.45, 7) is 0. The first-order chi connectivity index (χ1) is 10.2. The van der Waals surface area contributed by atoms with Gasteiger partial charge in [0.1, 0.15) is 0 Å². The molecule has 3 aromatic rings. The van der Waals surface area contributed by atoms with Crippen LogP contribution in [0.5, 0.6) is 0 Å². The lowest BCUT2D eigenvalue weighted by Gasteiger charge is -2.11. The average molecular weight is 316 g/mol. The van der Waals surface area contributed by atoms with E-state index < -0.39 is 6.04 Å². The molecular formula is C17H18ClN3O. The van der Waals surface area contributed by atoms with Crippen molar-refractivity contribution in [2.45, 2.75) is 18.9 Å². The van der Waals surface area contributed by atoms with E-state index >= 15 is 0 Å². The molecule has 0 unspecified atom stereocenters. The number of hydrogen-bond acceptors (Lipinski definition) is 3. The summed E-state index contributed by atoms with van der Waals surface area (Å²) in [5.74, 6) is 0.0425. The number of hydrogen-bond donors (Lipinski definition) is 2. The number of H-pyrrole nitrogens is 1. The molecule has 0 aliphatic carbocycles. The molecule has 0 saturated heterocycles. The van der Waals surface area contributed by atoms with Crippen LogP contribution in [0.25, 0.3) is 10.8 Å². The van der Waals surface area contributed by atoms with Gasteiger partial charge in [0.05, 0.1) is 12.4 Å². The third-order valence-corrected chi connectivity index (χ3v) is 3.65. The first kappa shape index (κ1) is 16.2. The molecule has 4 nitrogen and oxygen atoms in total. The molecule has 0 spiro atoms. The molecule has 0 bridgehead atoms. The Hall–Kier alpha value is -2.17. The fraction of sp³-hybridized carbons (Fsp3) is 0.176. The van der Waals surface area contributed by atoms with E-state index in [1.807, 2.05) is 42.5 Å². The number of aromatic amines is 1. The number of fused-ring (bicyclic) bond motifs is 1. The van der Waals surface area contributed by atoms with E-state index in [0.717, 1.165) is 22.0 Å². The Kier molecular flexibility index (Phi) is 5.31. The Morgan fingerprint density at radius 1 is 1.18 bits per heavy atom. The van der Waals surface area contributed by atoms with Crippen molar-refractivity contribution in [3.63, 3.8) is 0 Å². The van der Waals surface area contributed by atoms with E-state index in [2.05, 4.69) is 9.97 Å². The Labute approximate surface area is 135 Å². The van der Waals surface area contributed by atoms with Gasteiger partial charge in [-0.1, -0.05) is 42.5 Å². The van der Waals surface area contributed by atoms with Crippen LogP contribution >= 0.6 is 12.4 Å². The Morgan fingerprint density at radius 2 is 1.95 bits per heavy atom. The molecule has 3 rings (SSSR count). The number of rotatable bonds is 5. The molecule has 0 aliphatic heterocycles. The molecule has 1 aromatic heterocycles. The SMILES string of the molecule is Cl.N[C@@H](Cc1cnc[nH]1)C(=O)Cc1cccc2ccccc12. The number of nitrogens with one attached hydrogen (secondary N) is 1. The van der Waals surface area contributed by atoms with Gasteiger partial charge in [0.15, 0.2) is 5.78 Å². The zero-order valence-corrected chi connectivity index (χ0v) is 12.8. The predicted octanol–water partition coefficient (Wildman–Crippen LogP) is 2.67. The van der Waals surface area contributed by atoms with Gasteiger partial charge in [-0.05, 0) is 16.3 Å². The van der Waals surface area contributed by atoms with Gasteiger partial charge >= 0.3 is 0 Å². The van der Waals surface area contributed by atoms with Crippen molar-refractivity contribution in [1.82, 2.24) is 9.97 Å². The van der Waals surface area contributed by atoms with Crippen LogP contribution in [0.15, 0.2) is 55.0 Å². The van der Waals surface area contributed by atoms with Gasteiger partial charge in [-0.2, -0.15) is 0 Å². The van der Waals surface area contributed by atoms with Crippen LogP contribution in [0.2, 0.25) is 0 Å². The maximum atomic E-state index is 12.3. The minimum atomic E-state index is -0.510. The van der Waals surface area contributed by atoms with E-state index in [9.17, 15) is 4.79 Å². The quantitative estimate of drug-likeness (QED) is 0.760. The van der Waals surface area contributed by atoms with Crippen LogP contribution in [0.3, 0.4) is 0 Å². The second kappa shape index (κ2) is 7.20. The molecule has 0 radical (unpaired) electrons. The van der Waals surface area contributed by atoms with Crippen molar-refractivity contribution in [3.8, 4) is 0 Å². The summed E-state index contributed by atoms with van der Waals surface area (Å²) in [5.41, 5.74) is 7.91. The summed E-state index contributed by atoms with van der Waals surface area (Å²) in [4.78, 5) is 19.2. The van der Waals surface area contributed by atoms with Gasteiger partial charge in [-0.3, -0.25) is 4.79 Å². The van der Waals surface area contributed by atoms with Crippen molar-refractivity contribution in [1.29, 1.82) is 0 Å². The zero-order valence-electron chi connectivity index (χ0n) is 12.0. The molecule has 5 heteroatoms. The Morgan fingerprint density at radius 3 is 2.73 bits per heavy atom. The summed E-state index contributed by atoms with van der Waals surface area (Å²) in [6.07, 6.45) is 4.14. The lowest BCUT2D eigenvalue weighted by atomic mass is 9.97. The number of Topliss-reactive ketones (excluding diaryl/α,β-unsaturated/α-hetero) is 1. The van der Waals surface area contributed by atoms with Gasteiger partial charge in [-0.15, -0.1) is 12.4 Å². The number of aromatic nitrogens is 2. The topological polar surface area (TPSA) is 71.8 Å². The van der Waals surface area contributed by atoms with Gasteiger partial charge in [0.25, 0.3) is 0 Å². The normalized spacial score (nSPS) is 11.9. The molecule has 0 aliphatic rings. The lowest BCUT2D eigenvalue weighted by molar-refractivity contribution is -0.119. The number of ketones is 1. The second-order valence-electron chi connectivity index (χ2n) is 5.17. The zero-order chi connectivity index (χ0) is 14.7. The highest BCUT2D eigenvalue weighted by atomic mass is 35.5. The molecule has 2 aromatic carbocycles. The smallest absolute Gasteiger partial charge is 0.154 e. The third-order valence-electron chi connectivity index (χ3n) is 3.65. The maximum Gasteiger partial charge on any atom is 0.154 e. The number of nitrogens with two attached hydrogens (primary N) is 1. The number of imidazole rings is 1. The number of carbonyl (C=O) groups is 1. The van der Waals surface area contributed by atoms with Crippen LogP contribution in [0.4, 0.5) is 0 Å². The van der Waals surface area contributed by atoms with Crippen LogP contribution in [0, 0.1) is 0 Å². The first-order valence-corrected chi connectivity index (χ1v) is 6.96. The van der Waals surface area contributed by atoms with E-state index in [1.54, 1.807) is 12.5 Å². The van der Waals surface area contributed by atoms with Gasteiger partial charge < -0.3 is 10.7 Å². The highest BCUT2D eigenvalue weighted by Crippen LogP contribution is 2.19. The molecule has 1 atom stereocenters. The monoisotopic (exact) mass is 315 g/mol. The van der Waals surface area contributed by atoms with Crippen LogP contribution in [0.1, 0.15) is 11.3 Å². The summed E-state index contributed by atoms with van der Waals surface area (Å²) in [6, 6.07) is 13.6. The molecule has 0 amide bonds. The Balaban J connectivity index is 0.00000176. The number of halogens is 1. The summed E-state index contributed by atoms with van der Waals surface area (Å²) in [7, 11) is 0. The second-order valence-corrected chi connectivity index (χ2v) is 5.17.